The summed E-state index contributed by atoms with van der Waals surface area (Å²) in [5, 5.41) is 2.89. The number of carbonyl (C=O) groups is 2. The van der Waals surface area contributed by atoms with Crippen LogP contribution in [0, 0.1) is 5.92 Å². The Hall–Kier alpha value is -3.09. The highest BCUT2D eigenvalue weighted by atomic mass is 16.6. The molecule has 7 nitrogen and oxygen atoms in total. The highest BCUT2D eigenvalue weighted by Gasteiger charge is 2.35. The van der Waals surface area contributed by atoms with Crippen molar-refractivity contribution in [1.29, 1.82) is 0 Å². The molecule has 1 aromatic heterocycles. The number of benzene rings is 1. The smallest absolute Gasteiger partial charge is 0.227 e. The van der Waals surface area contributed by atoms with Gasteiger partial charge in [-0.25, -0.2) is 0 Å². The molecule has 1 atom stereocenters. The molecule has 1 fully saturated rings. The lowest BCUT2D eigenvalue weighted by molar-refractivity contribution is -0.126. The van der Waals surface area contributed by atoms with E-state index in [1.165, 1.54) is 0 Å². The van der Waals surface area contributed by atoms with Crippen LogP contribution in [0.2, 0.25) is 0 Å². The van der Waals surface area contributed by atoms with Gasteiger partial charge in [0, 0.05) is 43.7 Å². The Morgan fingerprint density at radius 1 is 1.15 bits per heavy atom. The molecule has 1 saturated heterocycles. The summed E-state index contributed by atoms with van der Waals surface area (Å²) in [7, 11) is 0. The number of ether oxygens (including phenoxy) is 2. The molecule has 2 amide bonds. The first-order valence-corrected chi connectivity index (χ1v) is 8.57. The van der Waals surface area contributed by atoms with Gasteiger partial charge in [0.05, 0.1) is 5.92 Å². The fourth-order valence-electron chi connectivity index (χ4n) is 3.17. The van der Waals surface area contributed by atoms with E-state index >= 15 is 0 Å². The van der Waals surface area contributed by atoms with Gasteiger partial charge in [0.25, 0.3) is 0 Å². The van der Waals surface area contributed by atoms with Crippen LogP contribution in [0.1, 0.15) is 12.0 Å². The van der Waals surface area contributed by atoms with E-state index < -0.39 is 0 Å². The zero-order valence-corrected chi connectivity index (χ0v) is 14.2. The number of rotatable bonds is 4. The van der Waals surface area contributed by atoms with E-state index in [0.29, 0.717) is 37.8 Å². The van der Waals surface area contributed by atoms with E-state index in [-0.39, 0.29) is 24.2 Å². The molecule has 7 heteroatoms. The Balaban J connectivity index is 1.41. The predicted molar refractivity (Wildman–Crippen MR) is 94.0 cm³/mol. The van der Waals surface area contributed by atoms with Crippen LogP contribution in [0.5, 0.6) is 11.5 Å². The molecule has 0 bridgehead atoms. The van der Waals surface area contributed by atoms with Crippen LogP contribution in [0.4, 0.5) is 5.69 Å². The Labute approximate surface area is 150 Å². The van der Waals surface area contributed by atoms with Crippen LogP contribution in [-0.2, 0) is 16.1 Å². The van der Waals surface area contributed by atoms with Crippen molar-refractivity contribution >= 4 is 17.5 Å². The fraction of sp³-hybridized carbons (Fsp3) is 0.316. The lowest BCUT2D eigenvalue weighted by atomic mass is 10.1. The second kappa shape index (κ2) is 7.03. The molecule has 2 aliphatic rings. The number of hydrogen-bond donors (Lipinski definition) is 1. The molecular weight excluding hydrogens is 334 g/mol. The predicted octanol–water partition coefficient (Wildman–Crippen LogP) is 1.52. The van der Waals surface area contributed by atoms with E-state index in [1.54, 1.807) is 29.4 Å². The minimum atomic E-state index is -0.363. The summed E-state index contributed by atoms with van der Waals surface area (Å²) in [6, 6.07) is 9.11. The number of amides is 2. The monoisotopic (exact) mass is 353 g/mol. The fourth-order valence-corrected chi connectivity index (χ4v) is 3.17. The van der Waals surface area contributed by atoms with Crippen molar-refractivity contribution in [2.75, 3.05) is 24.7 Å². The van der Waals surface area contributed by atoms with Crippen molar-refractivity contribution in [2.45, 2.75) is 13.0 Å². The molecule has 134 valence electrons. The van der Waals surface area contributed by atoms with Crippen molar-refractivity contribution < 1.29 is 19.1 Å². The molecule has 0 spiro atoms. The van der Waals surface area contributed by atoms with Crippen LogP contribution in [-0.4, -0.2) is 36.6 Å². The van der Waals surface area contributed by atoms with Gasteiger partial charge in [0.1, 0.15) is 13.2 Å². The molecule has 0 radical (unpaired) electrons. The Morgan fingerprint density at radius 3 is 2.73 bits per heavy atom. The number of pyridine rings is 1. The lowest BCUT2D eigenvalue weighted by Gasteiger charge is -2.22. The zero-order valence-electron chi connectivity index (χ0n) is 14.2. The minimum absolute atomic E-state index is 0.0641. The molecule has 3 heterocycles. The number of fused-ring (bicyclic) bond motifs is 1. The topological polar surface area (TPSA) is 80.8 Å². The summed E-state index contributed by atoms with van der Waals surface area (Å²) in [6.45, 7) is 1.80. The van der Waals surface area contributed by atoms with Gasteiger partial charge in [0.15, 0.2) is 11.5 Å². The molecule has 0 saturated carbocycles. The summed E-state index contributed by atoms with van der Waals surface area (Å²) >= 11 is 0. The SMILES string of the molecule is O=C(NCc1ccncc1)[C@@H]1CC(=O)N(c2ccc3c(c2)OCCO3)C1. The molecule has 0 aliphatic carbocycles. The first-order chi connectivity index (χ1) is 12.7. The molecule has 1 aromatic carbocycles. The van der Waals surface area contributed by atoms with E-state index in [1.807, 2.05) is 18.2 Å². The molecule has 0 unspecified atom stereocenters. The van der Waals surface area contributed by atoms with Gasteiger partial charge in [0.2, 0.25) is 11.8 Å². The third kappa shape index (κ3) is 3.33. The average Bonchev–Trinajstić information content (AvgIpc) is 3.08. The summed E-state index contributed by atoms with van der Waals surface area (Å²) in [5.41, 5.74) is 1.70. The number of hydrogen-bond acceptors (Lipinski definition) is 5. The maximum Gasteiger partial charge on any atom is 0.227 e. The van der Waals surface area contributed by atoms with Crippen molar-refractivity contribution in [3.63, 3.8) is 0 Å². The van der Waals surface area contributed by atoms with Crippen molar-refractivity contribution in [3.8, 4) is 11.5 Å². The van der Waals surface area contributed by atoms with Gasteiger partial charge >= 0.3 is 0 Å². The van der Waals surface area contributed by atoms with E-state index in [4.69, 9.17) is 9.47 Å². The largest absolute Gasteiger partial charge is 0.486 e. The van der Waals surface area contributed by atoms with Crippen molar-refractivity contribution in [3.05, 3.63) is 48.3 Å². The van der Waals surface area contributed by atoms with Gasteiger partial charge in [-0.3, -0.25) is 14.6 Å². The van der Waals surface area contributed by atoms with Gasteiger partial charge in [-0.1, -0.05) is 0 Å². The summed E-state index contributed by atoms with van der Waals surface area (Å²) in [6.07, 6.45) is 3.57. The minimum Gasteiger partial charge on any atom is -0.486 e. The molecule has 2 aromatic rings. The molecule has 26 heavy (non-hydrogen) atoms. The number of anilines is 1. The second-order valence-corrected chi connectivity index (χ2v) is 6.31. The highest BCUT2D eigenvalue weighted by Crippen LogP contribution is 2.35. The Morgan fingerprint density at radius 2 is 1.92 bits per heavy atom. The highest BCUT2D eigenvalue weighted by molar-refractivity contribution is 6.00. The first kappa shape index (κ1) is 16.4. The van der Waals surface area contributed by atoms with Crippen LogP contribution in [0.3, 0.4) is 0 Å². The second-order valence-electron chi connectivity index (χ2n) is 6.31. The van der Waals surface area contributed by atoms with Gasteiger partial charge in [-0.2, -0.15) is 0 Å². The maximum absolute atomic E-state index is 12.4. The Kier molecular flexibility index (Phi) is 4.43. The molecular formula is C19H19N3O4. The summed E-state index contributed by atoms with van der Waals surface area (Å²) in [5.74, 6) is 0.768. The van der Waals surface area contributed by atoms with Crippen LogP contribution < -0.4 is 19.7 Å². The maximum atomic E-state index is 12.4. The standard InChI is InChI=1S/C19H19N3O4/c23-18-9-14(19(24)21-11-13-3-5-20-6-4-13)12-22(18)15-1-2-16-17(10-15)26-8-7-25-16/h1-6,10,14H,7-9,11-12H2,(H,21,24)/t14-/m1/s1. The number of carbonyl (C=O) groups excluding carboxylic acids is 2. The van der Waals surface area contributed by atoms with Gasteiger partial charge < -0.3 is 19.7 Å². The number of aromatic nitrogens is 1. The number of nitrogens with zero attached hydrogens (tertiary/aromatic N) is 2. The molecule has 4 rings (SSSR count). The quantitative estimate of drug-likeness (QED) is 0.901. The third-order valence-corrected chi connectivity index (χ3v) is 4.55. The third-order valence-electron chi connectivity index (χ3n) is 4.55. The molecule has 2 aliphatic heterocycles. The van der Waals surface area contributed by atoms with Crippen LogP contribution >= 0.6 is 0 Å². The Bertz CT molecular complexity index is 825. The van der Waals surface area contributed by atoms with Gasteiger partial charge in [-0.15, -0.1) is 0 Å². The van der Waals surface area contributed by atoms with E-state index in [9.17, 15) is 9.59 Å². The summed E-state index contributed by atoms with van der Waals surface area (Å²) in [4.78, 5) is 30.4. The van der Waals surface area contributed by atoms with Crippen LogP contribution in [0.25, 0.3) is 0 Å². The average molecular weight is 353 g/mol. The van der Waals surface area contributed by atoms with Crippen molar-refractivity contribution in [1.82, 2.24) is 10.3 Å². The zero-order chi connectivity index (χ0) is 17.9. The van der Waals surface area contributed by atoms with Gasteiger partial charge in [-0.05, 0) is 29.8 Å². The lowest BCUT2D eigenvalue weighted by Crippen LogP contribution is -2.32. The van der Waals surface area contributed by atoms with Crippen LogP contribution in [0.15, 0.2) is 42.7 Å². The first-order valence-electron chi connectivity index (χ1n) is 8.57. The van der Waals surface area contributed by atoms with E-state index in [2.05, 4.69) is 10.3 Å². The van der Waals surface area contributed by atoms with Crippen molar-refractivity contribution in [2.24, 2.45) is 5.92 Å². The normalized spacial score (nSPS) is 18.7. The summed E-state index contributed by atoms with van der Waals surface area (Å²) < 4.78 is 11.1. The van der Waals surface area contributed by atoms with E-state index in [0.717, 1.165) is 11.3 Å². The number of nitrogens with one attached hydrogen (secondary N) is 1. The molecule has 1 N–H and O–H groups in total.